The maximum absolute atomic E-state index is 12.8. The number of carboxylic acids is 1. The van der Waals surface area contributed by atoms with Gasteiger partial charge < -0.3 is 14.4 Å². The molecular formula is C17H18BrNO4. The SMILES string of the molecule is O=C(O)CCC1CCCCN1C(=O)c1cc2cc(Br)ccc2o1. The number of carbonyl (C=O) groups is 2. The summed E-state index contributed by atoms with van der Waals surface area (Å²) in [6.45, 7) is 0.657. The molecule has 1 atom stereocenters. The van der Waals surface area contributed by atoms with Crippen LogP contribution >= 0.6 is 15.9 Å². The van der Waals surface area contributed by atoms with Crippen molar-refractivity contribution >= 4 is 38.8 Å². The average molecular weight is 380 g/mol. The van der Waals surface area contributed by atoms with Gasteiger partial charge >= 0.3 is 5.97 Å². The molecule has 23 heavy (non-hydrogen) atoms. The van der Waals surface area contributed by atoms with Crippen LogP contribution in [0.4, 0.5) is 0 Å². The van der Waals surface area contributed by atoms with Gasteiger partial charge in [0.15, 0.2) is 5.76 Å². The van der Waals surface area contributed by atoms with Gasteiger partial charge in [-0.2, -0.15) is 0 Å². The average Bonchev–Trinajstić information content (AvgIpc) is 2.95. The van der Waals surface area contributed by atoms with Crippen molar-refractivity contribution in [3.8, 4) is 0 Å². The van der Waals surface area contributed by atoms with Crippen molar-refractivity contribution in [2.45, 2.75) is 38.1 Å². The highest BCUT2D eigenvalue weighted by Gasteiger charge is 2.29. The number of carbonyl (C=O) groups excluding carboxylic acids is 1. The van der Waals surface area contributed by atoms with Crippen LogP contribution in [0, 0.1) is 0 Å². The van der Waals surface area contributed by atoms with E-state index in [1.807, 2.05) is 18.2 Å². The molecule has 3 rings (SSSR count). The summed E-state index contributed by atoms with van der Waals surface area (Å²) in [6, 6.07) is 7.34. The second kappa shape index (κ2) is 6.74. The monoisotopic (exact) mass is 379 g/mol. The number of hydrogen-bond donors (Lipinski definition) is 1. The predicted octanol–water partition coefficient (Wildman–Crippen LogP) is 4.05. The second-order valence-electron chi connectivity index (χ2n) is 5.87. The third-order valence-corrected chi connectivity index (χ3v) is 4.76. The van der Waals surface area contributed by atoms with Crippen molar-refractivity contribution in [1.29, 1.82) is 0 Å². The zero-order chi connectivity index (χ0) is 16.4. The molecule has 0 spiro atoms. The molecule has 1 aromatic carbocycles. The molecule has 0 bridgehead atoms. The van der Waals surface area contributed by atoms with Crippen molar-refractivity contribution < 1.29 is 19.1 Å². The van der Waals surface area contributed by atoms with Gasteiger partial charge in [-0.3, -0.25) is 9.59 Å². The van der Waals surface area contributed by atoms with Crippen LogP contribution in [0.15, 0.2) is 33.2 Å². The van der Waals surface area contributed by atoms with Crippen LogP contribution in [-0.4, -0.2) is 34.5 Å². The van der Waals surface area contributed by atoms with Crippen molar-refractivity contribution in [2.24, 2.45) is 0 Å². The molecule has 0 aliphatic carbocycles. The Hall–Kier alpha value is -1.82. The van der Waals surface area contributed by atoms with Crippen LogP contribution in [0.25, 0.3) is 11.0 Å². The minimum absolute atomic E-state index is 0.0210. The Balaban J connectivity index is 1.81. The van der Waals surface area contributed by atoms with E-state index in [1.165, 1.54) is 0 Å². The van der Waals surface area contributed by atoms with Gasteiger partial charge in [-0.25, -0.2) is 0 Å². The van der Waals surface area contributed by atoms with Crippen LogP contribution in [0.1, 0.15) is 42.7 Å². The molecule has 0 saturated carbocycles. The number of rotatable bonds is 4. The van der Waals surface area contributed by atoms with Gasteiger partial charge in [0.2, 0.25) is 0 Å². The van der Waals surface area contributed by atoms with E-state index in [-0.39, 0.29) is 18.4 Å². The van der Waals surface area contributed by atoms with E-state index in [0.29, 0.717) is 24.3 Å². The normalized spacial score (nSPS) is 18.3. The third kappa shape index (κ3) is 3.58. The molecule has 122 valence electrons. The first-order valence-corrected chi connectivity index (χ1v) is 8.56. The summed E-state index contributed by atoms with van der Waals surface area (Å²) in [5.41, 5.74) is 0.677. The fraction of sp³-hybridized carbons (Fsp3) is 0.412. The second-order valence-corrected chi connectivity index (χ2v) is 6.79. The minimum Gasteiger partial charge on any atom is -0.481 e. The zero-order valence-electron chi connectivity index (χ0n) is 12.6. The van der Waals surface area contributed by atoms with E-state index < -0.39 is 5.97 Å². The van der Waals surface area contributed by atoms with Gasteiger partial charge in [0, 0.05) is 28.9 Å². The first-order valence-electron chi connectivity index (χ1n) is 7.76. The van der Waals surface area contributed by atoms with Gasteiger partial charge in [-0.05, 0) is 49.9 Å². The van der Waals surface area contributed by atoms with Crippen molar-refractivity contribution in [3.63, 3.8) is 0 Å². The molecule has 1 amide bonds. The van der Waals surface area contributed by atoms with Crippen molar-refractivity contribution in [3.05, 3.63) is 34.5 Å². The van der Waals surface area contributed by atoms with E-state index >= 15 is 0 Å². The molecule has 1 saturated heterocycles. The molecule has 2 aromatic rings. The number of furan rings is 1. The molecule has 1 aliphatic rings. The summed E-state index contributed by atoms with van der Waals surface area (Å²) in [6.07, 6.45) is 3.40. The Morgan fingerprint density at radius 1 is 1.30 bits per heavy atom. The van der Waals surface area contributed by atoms with Crippen molar-refractivity contribution in [1.82, 2.24) is 4.90 Å². The fourth-order valence-corrected chi connectivity index (χ4v) is 3.50. The standard InChI is InChI=1S/C17H18BrNO4/c18-12-4-6-14-11(9-12)10-15(23-14)17(22)19-8-2-1-3-13(19)5-7-16(20)21/h4,6,9-10,13H,1-3,5,7-8H2,(H,20,21). The molecule has 1 fully saturated rings. The number of amides is 1. The Morgan fingerprint density at radius 3 is 2.91 bits per heavy atom. The molecule has 0 radical (unpaired) electrons. The first-order chi connectivity index (χ1) is 11.0. The number of likely N-dealkylation sites (tertiary alicyclic amines) is 1. The number of piperidine rings is 1. The lowest BCUT2D eigenvalue weighted by Crippen LogP contribution is -2.43. The highest BCUT2D eigenvalue weighted by Crippen LogP contribution is 2.27. The summed E-state index contributed by atoms with van der Waals surface area (Å²) in [5.74, 6) is -0.649. The van der Waals surface area contributed by atoms with Gasteiger partial charge in [0.1, 0.15) is 5.58 Å². The highest BCUT2D eigenvalue weighted by molar-refractivity contribution is 9.10. The van der Waals surface area contributed by atoms with Crippen LogP contribution in [0.3, 0.4) is 0 Å². The summed E-state index contributed by atoms with van der Waals surface area (Å²) in [7, 11) is 0. The lowest BCUT2D eigenvalue weighted by Gasteiger charge is -2.35. The molecule has 2 heterocycles. The first kappa shape index (κ1) is 16.1. The van der Waals surface area contributed by atoms with Crippen molar-refractivity contribution in [2.75, 3.05) is 6.54 Å². The van der Waals surface area contributed by atoms with Gasteiger partial charge in [0.05, 0.1) is 0 Å². The van der Waals surface area contributed by atoms with Gasteiger partial charge in [0.25, 0.3) is 5.91 Å². The number of hydrogen-bond acceptors (Lipinski definition) is 3. The topological polar surface area (TPSA) is 70.8 Å². The summed E-state index contributed by atoms with van der Waals surface area (Å²) in [4.78, 5) is 25.4. The molecule has 1 aliphatic heterocycles. The molecule has 1 aromatic heterocycles. The minimum atomic E-state index is -0.823. The quantitative estimate of drug-likeness (QED) is 0.869. The number of aliphatic carboxylic acids is 1. The van der Waals surface area contributed by atoms with E-state index in [9.17, 15) is 9.59 Å². The lowest BCUT2D eigenvalue weighted by atomic mass is 9.97. The zero-order valence-corrected chi connectivity index (χ0v) is 14.2. The molecule has 1 N–H and O–H groups in total. The van der Waals surface area contributed by atoms with Crippen LogP contribution in [0.5, 0.6) is 0 Å². The maximum atomic E-state index is 12.8. The Bertz CT molecular complexity index is 739. The Labute approximate surface area is 142 Å². The molecule has 6 heteroatoms. The third-order valence-electron chi connectivity index (χ3n) is 4.27. The summed E-state index contributed by atoms with van der Waals surface area (Å²) < 4.78 is 6.62. The van der Waals surface area contributed by atoms with E-state index in [2.05, 4.69) is 15.9 Å². The van der Waals surface area contributed by atoms with Crippen LogP contribution < -0.4 is 0 Å². The number of benzene rings is 1. The number of halogens is 1. The van der Waals surface area contributed by atoms with Crippen LogP contribution in [-0.2, 0) is 4.79 Å². The molecular weight excluding hydrogens is 362 g/mol. The van der Waals surface area contributed by atoms with E-state index in [0.717, 1.165) is 29.1 Å². The predicted molar refractivity (Wildman–Crippen MR) is 89.5 cm³/mol. The summed E-state index contributed by atoms with van der Waals surface area (Å²) >= 11 is 3.41. The summed E-state index contributed by atoms with van der Waals surface area (Å²) in [5, 5.41) is 9.76. The molecule has 1 unspecified atom stereocenters. The van der Waals surface area contributed by atoms with Gasteiger partial charge in [-0.15, -0.1) is 0 Å². The Kier molecular flexibility index (Phi) is 4.71. The van der Waals surface area contributed by atoms with Gasteiger partial charge in [-0.1, -0.05) is 15.9 Å². The fourth-order valence-electron chi connectivity index (χ4n) is 3.12. The largest absolute Gasteiger partial charge is 0.481 e. The lowest BCUT2D eigenvalue weighted by molar-refractivity contribution is -0.137. The Morgan fingerprint density at radius 2 is 2.13 bits per heavy atom. The molecule has 5 nitrogen and oxygen atoms in total. The number of carboxylic acid groups (broad SMARTS) is 1. The van der Waals surface area contributed by atoms with E-state index in [1.54, 1.807) is 11.0 Å². The highest BCUT2D eigenvalue weighted by atomic mass is 79.9. The maximum Gasteiger partial charge on any atom is 0.303 e. The smallest absolute Gasteiger partial charge is 0.303 e. The number of fused-ring (bicyclic) bond motifs is 1. The van der Waals surface area contributed by atoms with Crippen LogP contribution in [0.2, 0.25) is 0 Å². The number of nitrogens with zero attached hydrogens (tertiary/aromatic N) is 1. The van der Waals surface area contributed by atoms with E-state index in [4.69, 9.17) is 9.52 Å².